The summed E-state index contributed by atoms with van der Waals surface area (Å²) < 4.78 is 6.33. The van der Waals surface area contributed by atoms with E-state index in [9.17, 15) is 4.79 Å². The van der Waals surface area contributed by atoms with E-state index in [0.29, 0.717) is 0 Å². The van der Waals surface area contributed by atoms with E-state index in [1.54, 1.807) is 6.26 Å². The van der Waals surface area contributed by atoms with Crippen molar-refractivity contribution in [2.75, 3.05) is 26.2 Å². The van der Waals surface area contributed by atoms with Crippen LogP contribution in [0.15, 0.2) is 45.5 Å². The van der Waals surface area contributed by atoms with E-state index in [1.807, 2.05) is 42.2 Å². The quantitative estimate of drug-likeness (QED) is 0.819. The zero-order chi connectivity index (χ0) is 16.2. The van der Waals surface area contributed by atoms with Crippen LogP contribution in [0.25, 0.3) is 0 Å². The van der Waals surface area contributed by atoms with Crippen LogP contribution in [0.2, 0.25) is 0 Å². The lowest BCUT2D eigenvalue weighted by molar-refractivity contribution is 0.0759. The van der Waals surface area contributed by atoms with Crippen LogP contribution in [0.5, 0.6) is 0 Å². The Bertz CT molecular complexity index is 670. The van der Waals surface area contributed by atoms with E-state index in [-0.39, 0.29) is 5.91 Å². The Labute approximate surface area is 145 Å². The van der Waals surface area contributed by atoms with Crippen LogP contribution in [0.1, 0.15) is 28.1 Å². The van der Waals surface area contributed by atoms with E-state index in [2.05, 4.69) is 20.8 Å². The molecule has 122 valence electrons. The molecule has 0 radical (unpaired) electrons. The van der Waals surface area contributed by atoms with E-state index >= 15 is 0 Å². The molecule has 1 aliphatic rings. The van der Waals surface area contributed by atoms with E-state index in [4.69, 9.17) is 4.42 Å². The van der Waals surface area contributed by atoms with Gasteiger partial charge >= 0.3 is 0 Å². The molecular formula is C18H21BrN2O2. The Balaban J connectivity index is 1.65. The Morgan fingerprint density at radius 2 is 2.04 bits per heavy atom. The van der Waals surface area contributed by atoms with Crippen LogP contribution >= 0.6 is 15.9 Å². The number of hydrogen-bond acceptors (Lipinski definition) is 3. The molecule has 0 aliphatic carbocycles. The van der Waals surface area contributed by atoms with Gasteiger partial charge in [0.25, 0.3) is 5.91 Å². The molecular weight excluding hydrogens is 356 g/mol. The van der Waals surface area contributed by atoms with Gasteiger partial charge in [-0.1, -0.05) is 12.1 Å². The molecule has 1 aliphatic heterocycles. The van der Waals surface area contributed by atoms with Crippen LogP contribution < -0.4 is 0 Å². The molecule has 0 unspecified atom stereocenters. The van der Waals surface area contributed by atoms with Gasteiger partial charge in [0.15, 0.2) is 0 Å². The van der Waals surface area contributed by atoms with Gasteiger partial charge in [0.2, 0.25) is 0 Å². The van der Waals surface area contributed by atoms with Gasteiger partial charge in [-0.25, -0.2) is 0 Å². The van der Waals surface area contributed by atoms with Crippen molar-refractivity contribution >= 4 is 21.8 Å². The summed E-state index contributed by atoms with van der Waals surface area (Å²) in [6, 6.07) is 9.75. The molecule has 1 fully saturated rings. The summed E-state index contributed by atoms with van der Waals surface area (Å²) in [4.78, 5) is 17.1. The van der Waals surface area contributed by atoms with Gasteiger partial charge in [-0.05, 0) is 53.0 Å². The van der Waals surface area contributed by atoms with Crippen LogP contribution in [0.3, 0.4) is 0 Å². The Morgan fingerprint density at radius 3 is 2.83 bits per heavy atom. The number of benzene rings is 1. The SMILES string of the molecule is Cc1cccc(C(=O)N2CCCN(Cc3ccco3)CC2)c1Br. The van der Waals surface area contributed by atoms with Crippen LogP contribution in [0.4, 0.5) is 0 Å². The predicted molar refractivity (Wildman–Crippen MR) is 93.4 cm³/mol. The summed E-state index contributed by atoms with van der Waals surface area (Å²) in [5.41, 5.74) is 1.84. The average Bonchev–Trinajstić information content (AvgIpc) is 2.94. The van der Waals surface area contributed by atoms with Gasteiger partial charge in [-0.15, -0.1) is 0 Å². The molecule has 23 heavy (non-hydrogen) atoms. The first kappa shape index (κ1) is 16.3. The standard InChI is InChI=1S/C18H21BrN2O2/c1-14-5-2-7-16(17(14)19)18(22)21-9-4-8-20(10-11-21)13-15-6-3-12-23-15/h2-3,5-7,12H,4,8-11,13H2,1H3. The number of aryl methyl sites for hydroxylation is 1. The largest absolute Gasteiger partial charge is 0.468 e. The summed E-state index contributed by atoms with van der Waals surface area (Å²) in [7, 11) is 0. The number of amides is 1. The summed E-state index contributed by atoms with van der Waals surface area (Å²) in [5, 5.41) is 0. The van der Waals surface area contributed by atoms with Gasteiger partial charge in [-0.3, -0.25) is 9.69 Å². The molecule has 0 atom stereocenters. The molecule has 0 bridgehead atoms. The number of nitrogens with zero attached hydrogens (tertiary/aromatic N) is 2. The summed E-state index contributed by atoms with van der Waals surface area (Å²) in [5.74, 6) is 1.09. The highest BCUT2D eigenvalue weighted by Gasteiger charge is 2.22. The Morgan fingerprint density at radius 1 is 1.17 bits per heavy atom. The smallest absolute Gasteiger partial charge is 0.255 e. The fourth-order valence-electron chi connectivity index (χ4n) is 2.94. The molecule has 1 aromatic heterocycles. The van der Waals surface area contributed by atoms with Crippen molar-refractivity contribution in [3.63, 3.8) is 0 Å². The highest BCUT2D eigenvalue weighted by Crippen LogP contribution is 2.23. The second-order valence-electron chi connectivity index (χ2n) is 5.94. The molecule has 0 saturated carbocycles. The predicted octanol–water partition coefficient (Wildman–Crippen LogP) is 3.70. The molecule has 1 aromatic carbocycles. The molecule has 4 nitrogen and oxygen atoms in total. The molecule has 1 amide bonds. The molecule has 1 saturated heterocycles. The fourth-order valence-corrected chi connectivity index (χ4v) is 3.37. The summed E-state index contributed by atoms with van der Waals surface area (Å²) in [6.07, 6.45) is 2.69. The molecule has 2 heterocycles. The Kier molecular flexibility index (Phi) is 5.18. The zero-order valence-corrected chi connectivity index (χ0v) is 14.9. The van der Waals surface area contributed by atoms with Crippen LogP contribution in [-0.4, -0.2) is 41.9 Å². The second-order valence-corrected chi connectivity index (χ2v) is 6.73. The lowest BCUT2D eigenvalue weighted by atomic mass is 10.1. The fraction of sp³-hybridized carbons (Fsp3) is 0.389. The summed E-state index contributed by atoms with van der Waals surface area (Å²) >= 11 is 3.55. The minimum Gasteiger partial charge on any atom is -0.468 e. The number of hydrogen-bond donors (Lipinski definition) is 0. The zero-order valence-electron chi connectivity index (χ0n) is 13.3. The number of halogens is 1. The van der Waals surface area contributed by atoms with Crippen molar-refractivity contribution < 1.29 is 9.21 Å². The molecule has 5 heteroatoms. The maximum absolute atomic E-state index is 12.8. The van der Waals surface area contributed by atoms with Crippen molar-refractivity contribution in [1.82, 2.24) is 9.80 Å². The number of rotatable bonds is 3. The van der Waals surface area contributed by atoms with Gasteiger partial charge in [0, 0.05) is 30.7 Å². The average molecular weight is 377 g/mol. The van der Waals surface area contributed by atoms with Crippen molar-refractivity contribution in [3.8, 4) is 0 Å². The number of furan rings is 1. The van der Waals surface area contributed by atoms with Gasteiger partial charge in [0.05, 0.1) is 18.4 Å². The highest BCUT2D eigenvalue weighted by molar-refractivity contribution is 9.10. The third-order valence-corrected chi connectivity index (χ3v) is 5.31. The molecule has 0 spiro atoms. The van der Waals surface area contributed by atoms with Gasteiger partial charge in [-0.2, -0.15) is 0 Å². The maximum atomic E-state index is 12.8. The van der Waals surface area contributed by atoms with Gasteiger partial charge < -0.3 is 9.32 Å². The molecule has 3 rings (SSSR count). The first-order chi connectivity index (χ1) is 11.1. The minimum atomic E-state index is 0.112. The first-order valence-corrected chi connectivity index (χ1v) is 8.73. The Hall–Kier alpha value is -1.59. The minimum absolute atomic E-state index is 0.112. The first-order valence-electron chi connectivity index (χ1n) is 7.94. The van der Waals surface area contributed by atoms with Crippen molar-refractivity contribution in [1.29, 1.82) is 0 Å². The molecule has 0 N–H and O–H groups in total. The van der Waals surface area contributed by atoms with E-state index < -0.39 is 0 Å². The third kappa shape index (κ3) is 3.85. The topological polar surface area (TPSA) is 36.7 Å². The normalized spacial score (nSPS) is 16.3. The monoisotopic (exact) mass is 376 g/mol. The highest BCUT2D eigenvalue weighted by atomic mass is 79.9. The van der Waals surface area contributed by atoms with Crippen molar-refractivity contribution in [2.24, 2.45) is 0 Å². The van der Waals surface area contributed by atoms with E-state index in [1.165, 1.54) is 0 Å². The lowest BCUT2D eigenvalue weighted by Gasteiger charge is -2.22. The third-order valence-electron chi connectivity index (χ3n) is 4.26. The summed E-state index contributed by atoms with van der Waals surface area (Å²) in [6.45, 7) is 6.22. The van der Waals surface area contributed by atoms with Crippen LogP contribution in [0, 0.1) is 6.92 Å². The molecule has 2 aromatic rings. The van der Waals surface area contributed by atoms with Crippen molar-refractivity contribution in [2.45, 2.75) is 19.9 Å². The van der Waals surface area contributed by atoms with Crippen molar-refractivity contribution in [3.05, 3.63) is 58.0 Å². The number of carbonyl (C=O) groups is 1. The number of carbonyl (C=O) groups excluding carboxylic acids is 1. The second kappa shape index (κ2) is 7.32. The van der Waals surface area contributed by atoms with Crippen LogP contribution in [-0.2, 0) is 6.54 Å². The van der Waals surface area contributed by atoms with Gasteiger partial charge in [0.1, 0.15) is 5.76 Å². The maximum Gasteiger partial charge on any atom is 0.255 e. The van der Waals surface area contributed by atoms with E-state index in [0.717, 1.165) is 60.5 Å². The lowest BCUT2D eigenvalue weighted by Crippen LogP contribution is -2.35.